The number of nitrogens with zero attached hydrogens (tertiary/aromatic N) is 2. The molecule has 8 heteroatoms. The summed E-state index contributed by atoms with van der Waals surface area (Å²) in [5.41, 5.74) is 0. The maximum Gasteiger partial charge on any atom is 0.402 e. The van der Waals surface area contributed by atoms with Gasteiger partial charge >= 0.3 is 6.18 Å². The zero-order valence-corrected chi connectivity index (χ0v) is 10.2. The second-order valence-electron chi connectivity index (χ2n) is 2.43. The van der Waals surface area contributed by atoms with E-state index in [2.05, 4.69) is 25.3 Å². The number of hydrogen-bond acceptors (Lipinski definition) is 4. The fraction of sp³-hybridized carbons (Fsp3) is 0.667. The Morgan fingerprint density at radius 2 is 2.21 bits per heavy atom. The number of thioether (sulfide) groups is 1. The van der Waals surface area contributed by atoms with Crippen molar-refractivity contribution in [3.8, 4) is 0 Å². The lowest BCUT2D eigenvalue weighted by molar-refractivity contribution is -0.122. The molecule has 2 nitrogen and oxygen atoms in total. The summed E-state index contributed by atoms with van der Waals surface area (Å²) in [5, 5.41) is 0. The van der Waals surface area contributed by atoms with E-state index in [1.54, 1.807) is 6.92 Å². The maximum atomic E-state index is 12.1. The summed E-state index contributed by atoms with van der Waals surface area (Å²) >= 11 is 4.74. The molecule has 0 N–H and O–H groups in total. The molecule has 80 valence electrons. The molecule has 1 aromatic heterocycles. The Labute approximate surface area is 95.6 Å². The van der Waals surface area contributed by atoms with Crippen LogP contribution < -0.4 is 0 Å². The summed E-state index contributed by atoms with van der Waals surface area (Å²) in [6.07, 6.45) is -4.20. The van der Waals surface area contributed by atoms with Crippen molar-refractivity contribution >= 4 is 39.2 Å². The van der Waals surface area contributed by atoms with Crippen LogP contribution in [0, 0.1) is 6.92 Å². The van der Waals surface area contributed by atoms with Gasteiger partial charge in [-0.1, -0.05) is 27.7 Å². The second kappa shape index (κ2) is 4.80. The molecule has 0 aliphatic heterocycles. The number of hydrogen-bond donors (Lipinski definition) is 0. The zero-order valence-electron chi connectivity index (χ0n) is 7.01. The highest BCUT2D eigenvalue weighted by molar-refractivity contribution is 9.09. The van der Waals surface area contributed by atoms with Crippen molar-refractivity contribution in [3.05, 3.63) is 5.82 Å². The van der Waals surface area contributed by atoms with Gasteiger partial charge in [0.15, 0.2) is 4.34 Å². The molecule has 0 amide bonds. The quantitative estimate of drug-likeness (QED) is 0.633. The Kier molecular flexibility index (Phi) is 4.20. The summed E-state index contributed by atoms with van der Waals surface area (Å²) in [7, 11) is 0. The molecule has 0 saturated heterocycles. The summed E-state index contributed by atoms with van der Waals surface area (Å²) in [5.74, 6) is 0.508. The molecule has 1 aromatic rings. The molecular formula is C6H6BrF3N2S2. The third kappa shape index (κ3) is 3.74. The molecule has 0 bridgehead atoms. The van der Waals surface area contributed by atoms with Gasteiger partial charge in [-0.25, -0.2) is 4.98 Å². The van der Waals surface area contributed by atoms with Crippen LogP contribution in [0.2, 0.25) is 0 Å². The van der Waals surface area contributed by atoms with E-state index >= 15 is 0 Å². The smallest absolute Gasteiger partial charge is 0.213 e. The van der Waals surface area contributed by atoms with E-state index in [1.165, 1.54) is 0 Å². The molecule has 1 heterocycles. The van der Waals surface area contributed by atoms with Crippen molar-refractivity contribution in [3.63, 3.8) is 0 Å². The number of aromatic nitrogens is 2. The molecule has 0 aliphatic carbocycles. The standard InChI is InChI=1S/C6H6BrF3N2S2/c1-3-11-5(14-12-3)13-2-4(7)6(8,9)10/h4H,2H2,1H3. The molecule has 1 unspecified atom stereocenters. The van der Waals surface area contributed by atoms with E-state index in [9.17, 15) is 13.2 Å². The molecule has 1 rings (SSSR count). The van der Waals surface area contributed by atoms with Gasteiger partial charge in [0.05, 0.1) is 0 Å². The Morgan fingerprint density at radius 3 is 2.64 bits per heavy atom. The lowest BCUT2D eigenvalue weighted by Gasteiger charge is -2.11. The second-order valence-corrected chi connectivity index (χ2v) is 5.55. The molecule has 0 fully saturated rings. The summed E-state index contributed by atoms with van der Waals surface area (Å²) in [6.45, 7) is 1.70. The van der Waals surface area contributed by atoms with Gasteiger partial charge in [-0.15, -0.1) is 0 Å². The van der Waals surface area contributed by atoms with Gasteiger partial charge < -0.3 is 0 Å². The third-order valence-electron chi connectivity index (χ3n) is 1.22. The molecular weight excluding hydrogens is 301 g/mol. The van der Waals surface area contributed by atoms with E-state index in [0.717, 1.165) is 23.3 Å². The number of rotatable bonds is 3. The Balaban J connectivity index is 2.41. The molecule has 0 radical (unpaired) electrons. The SMILES string of the molecule is Cc1nsc(SCC(Br)C(F)(F)F)n1. The van der Waals surface area contributed by atoms with Crippen molar-refractivity contribution in [1.82, 2.24) is 9.36 Å². The minimum atomic E-state index is -4.20. The van der Waals surface area contributed by atoms with Crippen LogP contribution in [0.1, 0.15) is 5.82 Å². The van der Waals surface area contributed by atoms with Crippen molar-refractivity contribution in [1.29, 1.82) is 0 Å². The van der Waals surface area contributed by atoms with Gasteiger partial charge in [0.25, 0.3) is 0 Å². The van der Waals surface area contributed by atoms with Crippen LogP contribution in [-0.4, -0.2) is 26.1 Å². The summed E-state index contributed by atoms with van der Waals surface area (Å²) in [6, 6.07) is 0. The van der Waals surface area contributed by atoms with Gasteiger partial charge in [-0.3, -0.25) is 0 Å². The van der Waals surface area contributed by atoms with Crippen LogP contribution in [-0.2, 0) is 0 Å². The van der Waals surface area contributed by atoms with E-state index in [0.29, 0.717) is 10.2 Å². The zero-order chi connectivity index (χ0) is 10.8. The largest absolute Gasteiger partial charge is 0.402 e. The highest BCUT2D eigenvalue weighted by Crippen LogP contribution is 2.31. The fourth-order valence-electron chi connectivity index (χ4n) is 0.576. The van der Waals surface area contributed by atoms with E-state index in [-0.39, 0.29) is 5.75 Å². The van der Waals surface area contributed by atoms with Crippen molar-refractivity contribution in [2.75, 3.05) is 5.75 Å². The first kappa shape index (κ1) is 12.3. The Hall–Kier alpha value is 0.180. The first-order valence-electron chi connectivity index (χ1n) is 3.53. The van der Waals surface area contributed by atoms with Gasteiger partial charge in [-0.2, -0.15) is 17.5 Å². The Bertz CT molecular complexity index is 302. The molecule has 0 spiro atoms. The van der Waals surface area contributed by atoms with Crippen LogP contribution in [0.4, 0.5) is 13.2 Å². The third-order valence-corrected chi connectivity index (χ3v) is 4.51. The van der Waals surface area contributed by atoms with Crippen molar-refractivity contribution in [2.24, 2.45) is 0 Å². The monoisotopic (exact) mass is 306 g/mol. The molecule has 14 heavy (non-hydrogen) atoms. The molecule has 0 aromatic carbocycles. The van der Waals surface area contributed by atoms with Crippen LogP contribution in [0.25, 0.3) is 0 Å². The first-order chi connectivity index (χ1) is 6.39. The first-order valence-corrected chi connectivity index (χ1v) is 6.21. The van der Waals surface area contributed by atoms with Gasteiger partial charge in [0, 0.05) is 5.75 Å². The highest BCUT2D eigenvalue weighted by Gasteiger charge is 2.37. The van der Waals surface area contributed by atoms with E-state index in [1.807, 2.05) is 0 Å². The van der Waals surface area contributed by atoms with Crippen LogP contribution in [0.3, 0.4) is 0 Å². The van der Waals surface area contributed by atoms with Gasteiger partial charge in [0.1, 0.15) is 10.7 Å². The summed E-state index contributed by atoms with van der Waals surface area (Å²) in [4.78, 5) is 2.45. The van der Waals surface area contributed by atoms with Crippen LogP contribution >= 0.6 is 39.2 Å². The van der Waals surface area contributed by atoms with E-state index < -0.39 is 11.0 Å². The maximum absolute atomic E-state index is 12.1. The van der Waals surface area contributed by atoms with Gasteiger partial charge in [0.2, 0.25) is 0 Å². The number of aryl methyl sites for hydroxylation is 1. The van der Waals surface area contributed by atoms with Crippen LogP contribution in [0.5, 0.6) is 0 Å². The predicted octanol–water partition coefficient (Wildman–Crippen LogP) is 3.26. The fourth-order valence-corrected chi connectivity index (χ4v) is 2.60. The highest BCUT2D eigenvalue weighted by atomic mass is 79.9. The lowest BCUT2D eigenvalue weighted by Crippen LogP contribution is -2.24. The lowest BCUT2D eigenvalue weighted by atomic mass is 10.5. The predicted molar refractivity (Wildman–Crippen MR) is 54.1 cm³/mol. The van der Waals surface area contributed by atoms with Gasteiger partial charge in [-0.05, 0) is 18.5 Å². The van der Waals surface area contributed by atoms with Crippen molar-refractivity contribution in [2.45, 2.75) is 22.3 Å². The minimum Gasteiger partial charge on any atom is -0.213 e. The Morgan fingerprint density at radius 1 is 1.57 bits per heavy atom. The number of halogens is 4. The molecule has 0 aliphatic rings. The molecule has 0 saturated carbocycles. The average Bonchev–Trinajstić information content (AvgIpc) is 2.45. The van der Waals surface area contributed by atoms with E-state index in [4.69, 9.17) is 0 Å². The van der Waals surface area contributed by atoms with Crippen LogP contribution in [0.15, 0.2) is 4.34 Å². The minimum absolute atomic E-state index is 0.0852. The number of alkyl halides is 4. The van der Waals surface area contributed by atoms with Crippen molar-refractivity contribution < 1.29 is 13.2 Å². The molecule has 1 atom stereocenters. The average molecular weight is 307 g/mol. The topological polar surface area (TPSA) is 25.8 Å². The normalized spacial score (nSPS) is 14.4. The summed E-state index contributed by atoms with van der Waals surface area (Å²) < 4.78 is 40.6.